The first-order valence-corrected chi connectivity index (χ1v) is 7.39. The molecular formula is C15H24Cl2N2O. The van der Waals surface area contributed by atoms with Crippen LogP contribution < -0.4 is 10.1 Å². The van der Waals surface area contributed by atoms with Crippen LogP contribution in [0.3, 0.4) is 0 Å². The van der Waals surface area contributed by atoms with Crippen LogP contribution >= 0.6 is 24.0 Å². The van der Waals surface area contributed by atoms with Gasteiger partial charge in [0.1, 0.15) is 12.4 Å². The lowest BCUT2D eigenvalue weighted by molar-refractivity contribution is 0.199. The fraction of sp³-hybridized carbons (Fsp3) is 0.600. The largest absolute Gasteiger partial charge is 0.492 e. The summed E-state index contributed by atoms with van der Waals surface area (Å²) in [6.07, 6.45) is 2.59. The van der Waals surface area contributed by atoms with Crippen molar-refractivity contribution in [1.29, 1.82) is 0 Å². The zero-order valence-electron chi connectivity index (χ0n) is 12.0. The van der Waals surface area contributed by atoms with Gasteiger partial charge in [-0.25, -0.2) is 0 Å². The van der Waals surface area contributed by atoms with Gasteiger partial charge in [-0.2, -0.15) is 0 Å². The van der Waals surface area contributed by atoms with Gasteiger partial charge in [0, 0.05) is 18.1 Å². The van der Waals surface area contributed by atoms with Gasteiger partial charge in [0.2, 0.25) is 0 Å². The van der Waals surface area contributed by atoms with E-state index >= 15 is 0 Å². The molecule has 0 aromatic heterocycles. The van der Waals surface area contributed by atoms with Crippen LogP contribution in [0.2, 0.25) is 5.02 Å². The third-order valence-corrected chi connectivity index (χ3v) is 3.84. The van der Waals surface area contributed by atoms with Gasteiger partial charge in [-0.1, -0.05) is 11.6 Å². The Morgan fingerprint density at radius 2 is 1.90 bits per heavy atom. The summed E-state index contributed by atoms with van der Waals surface area (Å²) in [7, 11) is 2.17. The van der Waals surface area contributed by atoms with Crippen molar-refractivity contribution in [2.45, 2.75) is 12.8 Å². The first-order chi connectivity index (χ1) is 9.24. The van der Waals surface area contributed by atoms with Crippen molar-refractivity contribution >= 4 is 24.0 Å². The maximum absolute atomic E-state index is 5.84. The van der Waals surface area contributed by atoms with Gasteiger partial charge >= 0.3 is 0 Å². The lowest BCUT2D eigenvalue weighted by Gasteiger charge is -2.27. The summed E-state index contributed by atoms with van der Waals surface area (Å²) < 4.78 is 5.71. The van der Waals surface area contributed by atoms with Gasteiger partial charge in [0.25, 0.3) is 0 Å². The molecule has 0 bridgehead atoms. The summed E-state index contributed by atoms with van der Waals surface area (Å²) in [6, 6.07) is 7.54. The molecule has 0 atom stereocenters. The lowest BCUT2D eigenvalue weighted by Crippen LogP contribution is -2.36. The molecule has 0 radical (unpaired) electrons. The van der Waals surface area contributed by atoms with E-state index in [1.54, 1.807) is 0 Å². The molecule has 1 saturated heterocycles. The Morgan fingerprint density at radius 3 is 2.55 bits per heavy atom. The average Bonchev–Trinajstić information content (AvgIpc) is 2.42. The molecule has 0 unspecified atom stereocenters. The highest BCUT2D eigenvalue weighted by molar-refractivity contribution is 6.30. The zero-order valence-corrected chi connectivity index (χ0v) is 13.6. The number of ether oxygens (including phenoxy) is 1. The van der Waals surface area contributed by atoms with Crippen LogP contribution in [-0.2, 0) is 0 Å². The maximum Gasteiger partial charge on any atom is 0.119 e. The first-order valence-electron chi connectivity index (χ1n) is 7.01. The summed E-state index contributed by atoms with van der Waals surface area (Å²) in [6.45, 7) is 5.20. The molecule has 0 spiro atoms. The van der Waals surface area contributed by atoms with E-state index in [0.29, 0.717) is 0 Å². The molecule has 0 saturated carbocycles. The highest BCUT2D eigenvalue weighted by Gasteiger charge is 2.14. The average molecular weight is 319 g/mol. The normalized spacial score (nSPS) is 15.9. The van der Waals surface area contributed by atoms with Crippen molar-refractivity contribution in [3.8, 4) is 5.75 Å². The third-order valence-electron chi connectivity index (χ3n) is 3.58. The molecule has 1 aliphatic heterocycles. The van der Waals surface area contributed by atoms with Crippen LogP contribution in [0.25, 0.3) is 0 Å². The topological polar surface area (TPSA) is 24.5 Å². The van der Waals surface area contributed by atoms with Gasteiger partial charge in [-0.05, 0) is 63.2 Å². The number of hydrogen-bond donors (Lipinski definition) is 1. The number of piperidine rings is 1. The Bertz CT molecular complexity index is 367. The minimum Gasteiger partial charge on any atom is -0.492 e. The smallest absolute Gasteiger partial charge is 0.119 e. The summed E-state index contributed by atoms with van der Waals surface area (Å²) in [5.41, 5.74) is 0. The molecule has 1 aromatic carbocycles. The van der Waals surface area contributed by atoms with Crippen LogP contribution in [-0.4, -0.2) is 44.7 Å². The standard InChI is InChI=1S/C15H23ClN2O.ClH/c1-18(12-13-6-8-17-9-7-13)10-11-19-15-4-2-14(16)3-5-15;/h2-5,13,17H,6-12H2,1H3;1H. The monoisotopic (exact) mass is 318 g/mol. The molecule has 114 valence electrons. The van der Waals surface area contributed by atoms with Crippen molar-refractivity contribution in [2.75, 3.05) is 39.8 Å². The minimum atomic E-state index is 0. The van der Waals surface area contributed by atoms with E-state index in [0.717, 1.165) is 29.8 Å². The van der Waals surface area contributed by atoms with E-state index in [9.17, 15) is 0 Å². The summed E-state index contributed by atoms with van der Waals surface area (Å²) in [4.78, 5) is 2.37. The number of halogens is 2. The van der Waals surface area contributed by atoms with Crippen molar-refractivity contribution < 1.29 is 4.74 Å². The second-order valence-electron chi connectivity index (χ2n) is 5.26. The van der Waals surface area contributed by atoms with Gasteiger partial charge in [0.05, 0.1) is 0 Å². The van der Waals surface area contributed by atoms with Gasteiger partial charge in [-0.3, -0.25) is 0 Å². The van der Waals surface area contributed by atoms with Crippen LogP contribution in [0.5, 0.6) is 5.75 Å². The van der Waals surface area contributed by atoms with E-state index in [1.165, 1.54) is 32.5 Å². The van der Waals surface area contributed by atoms with Crippen molar-refractivity contribution in [2.24, 2.45) is 5.92 Å². The Hall–Kier alpha value is -0.480. The molecule has 1 aromatic rings. The predicted octanol–water partition coefficient (Wildman–Crippen LogP) is 3.07. The molecule has 3 nitrogen and oxygen atoms in total. The van der Waals surface area contributed by atoms with Gasteiger partial charge in [-0.15, -0.1) is 12.4 Å². The summed E-state index contributed by atoms with van der Waals surface area (Å²) >= 11 is 5.84. The fourth-order valence-corrected chi connectivity index (χ4v) is 2.57. The predicted molar refractivity (Wildman–Crippen MR) is 87.3 cm³/mol. The third kappa shape index (κ3) is 6.31. The number of rotatable bonds is 6. The summed E-state index contributed by atoms with van der Waals surface area (Å²) in [5.74, 6) is 1.72. The van der Waals surface area contributed by atoms with E-state index < -0.39 is 0 Å². The number of hydrogen-bond acceptors (Lipinski definition) is 3. The van der Waals surface area contributed by atoms with Crippen LogP contribution in [0.4, 0.5) is 0 Å². The molecule has 1 heterocycles. The van der Waals surface area contributed by atoms with Gasteiger partial charge < -0.3 is 15.0 Å². The molecule has 1 N–H and O–H groups in total. The van der Waals surface area contributed by atoms with Crippen LogP contribution in [0.15, 0.2) is 24.3 Å². The molecular weight excluding hydrogens is 295 g/mol. The summed E-state index contributed by atoms with van der Waals surface area (Å²) in [5, 5.41) is 4.15. The van der Waals surface area contributed by atoms with Gasteiger partial charge in [0.15, 0.2) is 0 Å². The number of nitrogens with zero attached hydrogens (tertiary/aromatic N) is 1. The number of benzene rings is 1. The van der Waals surface area contributed by atoms with Crippen molar-refractivity contribution in [3.05, 3.63) is 29.3 Å². The molecule has 2 rings (SSSR count). The molecule has 20 heavy (non-hydrogen) atoms. The van der Waals surface area contributed by atoms with E-state index in [4.69, 9.17) is 16.3 Å². The van der Waals surface area contributed by atoms with Crippen molar-refractivity contribution in [3.63, 3.8) is 0 Å². The van der Waals surface area contributed by atoms with E-state index in [-0.39, 0.29) is 12.4 Å². The zero-order chi connectivity index (χ0) is 13.5. The fourth-order valence-electron chi connectivity index (χ4n) is 2.45. The Labute approximate surface area is 133 Å². The highest BCUT2D eigenvalue weighted by atomic mass is 35.5. The minimum absolute atomic E-state index is 0. The Kier molecular flexibility index (Phi) is 8.31. The molecule has 1 aliphatic rings. The lowest BCUT2D eigenvalue weighted by atomic mass is 9.98. The second kappa shape index (κ2) is 9.46. The molecule has 5 heteroatoms. The molecule has 1 fully saturated rings. The highest BCUT2D eigenvalue weighted by Crippen LogP contribution is 2.16. The molecule has 0 amide bonds. The maximum atomic E-state index is 5.84. The van der Waals surface area contributed by atoms with Crippen LogP contribution in [0.1, 0.15) is 12.8 Å². The second-order valence-corrected chi connectivity index (χ2v) is 5.69. The van der Waals surface area contributed by atoms with Crippen molar-refractivity contribution in [1.82, 2.24) is 10.2 Å². The SMILES string of the molecule is CN(CCOc1ccc(Cl)cc1)CC1CCNCC1.Cl. The first kappa shape index (κ1) is 17.6. The quantitative estimate of drug-likeness (QED) is 0.872. The Balaban J connectivity index is 0.00000200. The molecule has 0 aliphatic carbocycles. The van der Waals surface area contributed by atoms with Crippen LogP contribution in [0, 0.1) is 5.92 Å². The number of nitrogens with one attached hydrogen (secondary N) is 1. The van der Waals surface area contributed by atoms with E-state index in [1.807, 2.05) is 24.3 Å². The Morgan fingerprint density at radius 1 is 1.25 bits per heavy atom. The number of likely N-dealkylation sites (N-methyl/N-ethyl adjacent to an activating group) is 1. The van der Waals surface area contributed by atoms with E-state index in [2.05, 4.69) is 17.3 Å².